The summed E-state index contributed by atoms with van der Waals surface area (Å²) in [6, 6.07) is 11.4. The van der Waals surface area contributed by atoms with E-state index in [0.717, 1.165) is 18.4 Å². The lowest BCUT2D eigenvalue weighted by Crippen LogP contribution is -2.49. The van der Waals surface area contributed by atoms with Crippen LogP contribution in [0.1, 0.15) is 36.0 Å². The van der Waals surface area contributed by atoms with Crippen LogP contribution in [0.15, 0.2) is 48.9 Å². The summed E-state index contributed by atoms with van der Waals surface area (Å²) < 4.78 is 1.83. The quantitative estimate of drug-likeness (QED) is 0.527. The zero-order chi connectivity index (χ0) is 24.9. The average Bonchev–Trinajstić information content (AvgIpc) is 3.60. The number of amides is 2. The van der Waals surface area contributed by atoms with Gasteiger partial charge in [0.25, 0.3) is 5.91 Å². The number of nitrogens with zero attached hydrogens (tertiary/aromatic N) is 6. The van der Waals surface area contributed by atoms with E-state index in [1.807, 2.05) is 23.0 Å². The Bertz CT molecular complexity index is 1290. The van der Waals surface area contributed by atoms with E-state index in [0.29, 0.717) is 48.4 Å². The first-order valence-corrected chi connectivity index (χ1v) is 12.3. The van der Waals surface area contributed by atoms with Gasteiger partial charge in [0.1, 0.15) is 0 Å². The number of piperazine rings is 1. The smallest absolute Gasteiger partial charge is 0.254 e. The van der Waals surface area contributed by atoms with Gasteiger partial charge in [-0.3, -0.25) is 14.3 Å². The Kier molecular flexibility index (Phi) is 6.89. The molecule has 2 amide bonds. The molecule has 2 fully saturated rings. The number of rotatable bonds is 7. The fraction of sp³-hybridized carbons (Fsp3) is 0.385. The van der Waals surface area contributed by atoms with Crippen molar-refractivity contribution in [2.45, 2.75) is 32.2 Å². The molecule has 10 nitrogen and oxygen atoms in total. The Labute approximate surface area is 209 Å². The summed E-state index contributed by atoms with van der Waals surface area (Å²) in [6.45, 7) is 1.58. The van der Waals surface area contributed by atoms with Gasteiger partial charge in [-0.15, -0.1) is 0 Å². The van der Waals surface area contributed by atoms with Crippen molar-refractivity contribution < 1.29 is 9.59 Å². The standard InChI is InChI=1S/C26H28N8O2/c27-13-20(18-4-1-2-5-18)15-34-16-21(14-30-34)23-8-9-29-26(32-23)31-22-7-3-6-19(12-22)25(36)33-11-10-28-24(35)17-33/h3,6-9,12,14,16,18,20H,1-2,4-5,10-11,15,17H2,(H,28,35)(H,29,31,32). The molecule has 1 aromatic carbocycles. The highest BCUT2D eigenvalue weighted by molar-refractivity contribution is 5.97. The number of aromatic nitrogens is 4. The van der Waals surface area contributed by atoms with Crippen molar-refractivity contribution in [1.82, 2.24) is 30.0 Å². The van der Waals surface area contributed by atoms with Crippen LogP contribution in [-0.4, -0.2) is 56.1 Å². The highest BCUT2D eigenvalue weighted by atomic mass is 16.2. The lowest BCUT2D eigenvalue weighted by molar-refractivity contribution is -0.123. The second-order valence-electron chi connectivity index (χ2n) is 9.28. The third-order valence-corrected chi connectivity index (χ3v) is 6.79. The fourth-order valence-corrected chi connectivity index (χ4v) is 4.89. The average molecular weight is 485 g/mol. The lowest BCUT2D eigenvalue weighted by Gasteiger charge is -2.26. The molecule has 3 heterocycles. The van der Waals surface area contributed by atoms with Gasteiger partial charge < -0.3 is 15.5 Å². The normalized spacial score (nSPS) is 16.9. The van der Waals surface area contributed by atoms with Gasteiger partial charge in [0, 0.05) is 42.3 Å². The third-order valence-electron chi connectivity index (χ3n) is 6.79. The third kappa shape index (κ3) is 5.35. The first-order chi connectivity index (χ1) is 17.6. The fourth-order valence-electron chi connectivity index (χ4n) is 4.89. The number of anilines is 2. The predicted molar refractivity (Wildman–Crippen MR) is 133 cm³/mol. The van der Waals surface area contributed by atoms with Crippen LogP contribution < -0.4 is 10.6 Å². The van der Waals surface area contributed by atoms with Gasteiger partial charge >= 0.3 is 0 Å². The van der Waals surface area contributed by atoms with Crippen LogP contribution in [0.4, 0.5) is 11.6 Å². The zero-order valence-corrected chi connectivity index (χ0v) is 19.9. The number of hydrogen-bond donors (Lipinski definition) is 2. The Hall–Kier alpha value is -4.26. The molecular formula is C26H28N8O2. The van der Waals surface area contributed by atoms with Crippen molar-refractivity contribution >= 4 is 23.5 Å². The van der Waals surface area contributed by atoms with Crippen molar-refractivity contribution in [2.75, 3.05) is 25.0 Å². The number of nitrogens with one attached hydrogen (secondary N) is 2. The predicted octanol–water partition coefficient (Wildman–Crippen LogP) is 2.99. The number of carbonyl (C=O) groups is 2. The number of hydrogen-bond acceptors (Lipinski definition) is 7. The molecule has 10 heteroatoms. The first-order valence-electron chi connectivity index (χ1n) is 12.3. The first kappa shape index (κ1) is 23.5. The molecule has 2 aromatic heterocycles. The van der Waals surface area contributed by atoms with Crippen molar-refractivity contribution in [3.8, 4) is 17.3 Å². The Morgan fingerprint density at radius 2 is 2.14 bits per heavy atom. The molecule has 1 unspecified atom stereocenters. The summed E-state index contributed by atoms with van der Waals surface area (Å²) in [4.78, 5) is 34.9. The largest absolute Gasteiger partial charge is 0.353 e. The molecule has 1 saturated carbocycles. The minimum Gasteiger partial charge on any atom is -0.353 e. The molecule has 1 saturated heterocycles. The van der Waals surface area contributed by atoms with Crippen molar-refractivity contribution in [2.24, 2.45) is 11.8 Å². The lowest BCUT2D eigenvalue weighted by atomic mass is 9.92. The topological polar surface area (TPSA) is 129 Å². The number of nitriles is 1. The van der Waals surface area contributed by atoms with Crippen LogP contribution in [0.3, 0.4) is 0 Å². The molecular weight excluding hydrogens is 456 g/mol. The summed E-state index contributed by atoms with van der Waals surface area (Å²) in [5, 5.41) is 20.0. The summed E-state index contributed by atoms with van der Waals surface area (Å²) in [6.07, 6.45) is 9.98. The maximum Gasteiger partial charge on any atom is 0.254 e. The summed E-state index contributed by atoms with van der Waals surface area (Å²) in [5.74, 6) is 0.468. The van der Waals surface area contributed by atoms with Gasteiger partial charge in [-0.05, 0) is 43.0 Å². The van der Waals surface area contributed by atoms with Crippen molar-refractivity contribution in [1.29, 1.82) is 5.26 Å². The Morgan fingerprint density at radius 3 is 2.94 bits per heavy atom. The Balaban J connectivity index is 1.27. The second-order valence-corrected chi connectivity index (χ2v) is 9.28. The van der Waals surface area contributed by atoms with Crippen LogP contribution in [-0.2, 0) is 11.3 Å². The highest BCUT2D eigenvalue weighted by Gasteiger charge is 2.26. The molecule has 0 radical (unpaired) electrons. The molecule has 184 valence electrons. The molecule has 1 atom stereocenters. The number of carbonyl (C=O) groups excluding carboxylic acids is 2. The van der Waals surface area contributed by atoms with E-state index in [-0.39, 0.29) is 24.3 Å². The van der Waals surface area contributed by atoms with E-state index < -0.39 is 0 Å². The monoisotopic (exact) mass is 484 g/mol. The maximum atomic E-state index is 12.8. The van der Waals surface area contributed by atoms with Crippen molar-refractivity contribution in [3.05, 3.63) is 54.5 Å². The Morgan fingerprint density at radius 1 is 1.28 bits per heavy atom. The van der Waals surface area contributed by atoms with Gasteiger partial charge in [0.15, 0.2) is 0 Å². The summed E-state index contributed by atoms with van der Waals surface area (Å²) in [7, 11) is 0. The van der Waals surface area contributed by atoms with Gasteiger partial charge in [-0.1, -0.05) is 18.9 Å². The molecule has 5 rings (SSSR count). The molecule has 3 aromatic rings. The van der Waals surface area contributed by atoms with E-state index >= 15 is 0 Å². The molecule has 1 aliphatic heterocycles. The zero-order valence-electron chi connectivity index (χ0n) is 19.9. The van der Waals surface area contributed by atoms with E-state index in [2.05, 4.69) is 31.8 Å². The SMILES string of the molecule is N#CC(Cn1cc(-c2ccnc(Nc3cccc(C(=O)N4CCNC(=O)C4)c3)n2)cn1)C1CCCC1. The molecule has 1 aliphatic carbocycles. The van der Waals surface area contributed by atoms with Gasteiger partial charge in [0.2, 0.25) is 11.9 Å². The maximum absolute atomic E-state index is 12.8. The van der Waals surface area contributed by atoms with Gasteiger partial charge in [-0.25, -0.2) is 9.97 Å². The van der Waals surface area contributed by atoms with Crippen LogP contribution in [0.5, 0.6) is 0 Å². The summed E-state index contributed by atoms with van der Waals surface area (Å²) >= 11 is 0. The molecule has 2 aliphatic rings. The van der Waals surface area contributed by atoms with E-state index in [9.17, 15) is 14.9 Å². The molecule has 2 N–H and O–H groups in total. The van der Waals surface area contributed by atoms with Crippen molar-refractivity contribution in [3.63, 3.8) is 0 Å². The van der Waals surface area contributed by atoms with Crippen LogP contribution >= 0.6 is 0 Å². The molecule has 0 spiro atoms. The van der Waals surface area contributed by atoms with E-state index in [4.69, 9.17) is 0 Å². The number of benzene rings is 1. The summed E-state index contributed by atoms with van der Waals surface area (Å²) in [5.41, 5.74) is 2.71. The molecule has 36 heavy (non-hydrogen) atoms. The van der Waals surface area contributed by atoms with Gasteiger partial charge in [-0.2, -0.15) is 10.4 Å². The van der Waals surface area contributed by atoms with Crippen LogP contribution in [0.2, 0.25) is 0 Å². The molecule has 0 bridgehead atoms. The minimum atomic E-state index is -0.191. The highest BCUT2D eigenvalue weighted by Crippen LogP contribution is 2.32. The van der Waals surface area contributed by atoms with Crippen LogP contribution in [0, 0.1) is 23.2 Å². The van der Waals surface area contributed by atoms with E-state index in [1.165, 1.54) is 17.7 Å². The minimum absolute atomic E-state index is 0.0304. The van der Waals surface area contributed by atoms with Crippen LogP contribution in [0.25, 0.3) is 11.3 Å². The second kappa shape index (κ2) is 10.6. The van der Waals surface area contributed by atoms with Gasteiger partial charge in [0.05, 0.1) is 37.0 Å². The van der Waals surface area contributed by atoms with E-state index in [1.54, 1.807) is 30.6 Å².